The van der Waals surface area contributed by atoms with Gasteiger partial charge in [-0.25, -0.2) is 4.39 Å². The number of alkyl halides is 3. The van der Waals surface area contributed by atoms with Gasteiger partial charge in [0, 0.05) is 25.0 Å². The number of benzene rings is 3. The van der Waals surface area contributed by atoms with E-state index in [1.165, 1.54) is 17.2 Å². The Morgan fingerprint density at radius 1 is 0.879 bits per heavy atom. The Bertz CT molecular complexity index is 1280. The van der Waals surface area contributed by atoms with Crippen LogP contribution in [0.25, 0.3) is 22.3 Å². The summed E-state index contributed by atoms with van der Waals surface area (Å²) in [7, 11) is 0. The molecule has 2 nitrogen and oxygen atoms in total. The normalized spacial score (nSPS) is 15.2. The number of furan rings is 1. The molecule has 33 heavy (non-hydrogen) atoms. The minimum Gasteiger partial charge on any atom is -0.456 e. The van der Waals surface area contributed by atoms with Crippen molar-refractivity contribution in [3.8, 4) is 11.3 Å². The third-order valence-corrected chi connectivity index (χ3v) is 6.23. The molecule has 0 atom stereocenters. The number of fused-ring (bicyclic) bond motifs is 1. The molecule has 1 aliphatic rings. The van der Waals surface area contributed by atoms with Gasteiger partial charge in [0.25, 0.3) is 0 Å². The van der Waals surface area contributed by atoms with Gasteiger partial charge in [0.15, 0.2) is 0 Å². The molecule has 0 aliphatic carbocycles. The van der Waals surface area contributed by atoms with E-state index in [0.717, 1.165) is 17.4 Å². The van der Waals surface area contributed by atoms with Crippen molar-refractivity contribution in [3.05, 3.63) is 94.8 Å². The Kier molecular flexibility index (Phi) is 5.49. The van der Waals surface area contributed by atoms with Crippen LogP contribution in [0.4, 0.5) is 17.6 Å². The molecule has 1 fully saturated rings. The van der Waals surface area contributed by atoms with Crippen LogP contribution in [-0.2, 0) is 13.0 Å². The summed E-state index contributed by atoms with van der Waals surface area (Å²) in [5.41, 5.74) is 5.24. The molecular formula is C27H23F4NO. The summed E-state index contributed by atoms with van der Waals surface area (Å²) in [4.78, 5) is 1.67. The van der Waals surface area contributed by atoms with E-state index in [2.05, 4.69) is 37.3 Å². The monoisotopic (exact) mass is 453 g/mol. The van der Waals surface area contributed by atoms with Crippen molar-refractivity contribution in [1.29, 1.82) is 0 Å². The number of rotatable bonds is 5. The van der Waals surface area contributed by atoms with Gasteiger partial charge in [-0.15, -0.1) is 0 Å². The van der Waals surface area contributed by atoms with Gasteiger partial charge in [-0.3, -0.25) is 4.90 Å². The highest BCUT2D eigenvalue weighted by molar-refractivity contribution is 5.83. The average Bonchev–Trinajstić information content (AvgIpc) is 3.14. The fourth-order valence-electron chi connectivity index (χ4n) is 4.30. The van der Waals surface area contributed by atoms with Gasteiger partial charge in [0.2, 0.25) is 0 Å². The predicted molar refractivity (Wildman–Crippen MR) is 120 cm³/mol. The minimum atomic E-state index is -4.16. The van der Waals surface area contributed by atoms with Crippen LogP contribution >= 0.6 is 0 Å². The van der Waals surface area contributed by atoms with E-state index >= 15 is 0 Å². The Labute approximate surface area is 189 Å². The van der Waals surface area contributed by atoms with Gasteiger partial charge in [0.05, 0.1) is 11.5 Å². The van der Waals surface area contributed by atoms with Crippen molar-refractivity contribution in [2.24, 2.45) is 5.92 Å². The quantitative estimate of drug-likeness (QED) is 0.299. The Morgan fingerprint density at radius 2 is 1.58 bits per heavy atom. The second kappa shape index (κ2) is 8.34. The summed E-state index contributed by atoms with van der Waals surface area (Å²) in [5, 5.41) is 0.900. The lowest BCUT2D eigenvalue weighted by molar-refractivity contribution is -0.210. The number of likely N-dealkylation sites (tertiary alicyclic amines) is 1. The highest BCUT2D eigenvalue weighted by Gasteiger charge is 2.46. The van der Waals surface area contributed by atoms with Crippen LogP contribution in [-0.4, -0.2) is 24.2 Å². The third kappa shape index (κ3) is 4.67. The molecule has 1 saturated heterocycles. The van der Waals surface area contributed by atoms with Crippen molar-refractivity contribution in [1.82, 2.24) is 4.90 Å². The fraction of sp³-hybridized carbons (Fsp3) is 0.259. The number of nitrogens with zero attached hydrogens (tertiary/aromatic N) is 1. The summed E-state index contributed by atoms with van der Waals surface area (Å²) >= 11 is 0. The van der Waals surface area contributed by atoms with Crippen LogP contribution in [0.15, 0.2) is 71.1 Å². The van der Waals surface area contributed by atoms with E-state index < -0.39 is 17.9 Å². The summed E-state index contributed by atoms with van der Waals surface area (Å²) < 4.78 is 58.7. The Hall–Kier alpha value is -3.12. The molecule has 0 radical (unpaired) electrons. The zero-order valence-corrected chi connectivity index (χ0v) is 18.1. The molecule has 0 spiro atoms. The summed E-state index contributed by atoms with van der Waals surface area (Å²) in [6, 6.07) is 21.0. The molecule has 0 N–H and O–H groups in total. The first kappa shape index (κ1) is 21.7. The SMILES string of the molecule is Cc1ccc(Cc2ccc3oc(-c4ccc(CN5CC(C(F)(F)F)C5)cc4F)cc3c2)cc1. The molecular weight excluding hydrogens is 430 g/mol. The average molecular weight is 453 g/mol. The van der Waals surface area contributed by atoms with Crippen LogP contribution in [0.5, 0.6) is 0 Å². The highest BCUT2D eigenvalue weighted by atomic mass is 19.4. The third-order valence-electron chi connectivity index (χ3n) is 6.23. The molecule has 2 heterocycles. The van der Waals surface area contributed by atoms with Crippen LogP contribution in [0.2, 0.25) is 0 Å². The molecule has 5 rings (SSSR count). The molecule has 1 aliphatic heterocycles. The predicted octanol–water partition coefficient (Wildman–Crippen LogP) is 7.13. The molecule has 1 aromatic heterocycles. The Balaban J connectivity index is 1.31. The number of hydrogen-bond donors (Lipinski definition) is 0. The van der Waals surface area contributed by atoms with Gasteiger partial charge in [-0.1, -0.05) is 42.0 Å². The first-order valence-electron chi connectivity index (χ1n) is 10.9. The van der Waals surface area contributed by atoms with Gasteiger partial charge < -0.3 is 4.42 Å². The number of halogens is 4. The lowest BCUT2D eigenvalue weighted by atomic mass is 9.98. The first-order valence-corrected chi connectivity index (χ1v) is 10.9. The topological polar surface area (TPSA) is 16.4 Å². The van der Waals surface area contributed by atoms with Crippen molar-refractivity contribution in [3.63, 3.8) is 0 Å². The molecule has 170 valence electrons. The molecule has 0 bridgehead atoms. The van der Waals surface area contributed by atoms with Gasteiger partial charge in [-0.05, 0) is 60.4 Å². The fourth-order valence-corrected chi connectivity index (χ4v) is 4.30. The molecule has 4 aromatic rings. The largest absolute Gasteiger partial charge is 0.456 e. The van der Waals surface area contributed by atoms with Crippen molar-refractivity contribution < 1.29 is 22.0 Å². The van der Waals surface area contributed by atoms with E-state index in [1.54, 1.807) is 17.0 Å². The zero-order chi connectivity index (χ0) is 23.2. The summed E-state index contributed by atoms with van der Waals surface area (Å²) in [5.74, 6) is -1.30. The van der Waals surface area contributed by atoms with Crippen molar-refractivity contribution in [2.75, 3.05) is 13.1 Å². The van der Waals surface area contributed by atoms with E-state index in [1.807, 2.05) is 18.2 Å². The second-order valence-electron chi connectivity index (χ2n) is 8.89. The van der Waals surface area contributed by atoms with Crippen LogP contribution in [0, 0.1) is 18.7 Å². The van der Waals surface area contributed by atoms with Gasteiger partial charge >= 0.3 is 6.18 Å². The maximum atomic E-state index is 14.8. The van der Waals surface area contributed by atoms with Gasteiger partial charge in [0.1, 0.15) is 17.2 Å². The second-order valence-corrected chi connectivity index (χ2v) is 8.89. The maximum absolute atomic E-state index is 14.8. The first-order chi connectivity index (χ1) is 15.7. The van der Waals surface area contributed by atoms with E-state index in [9.17, 15) is 17.6 Å². The van der Waals surface area contributed by atoms with Crippen LogP contribution in [0.3, 0.4) is 0 Å². The molecule has 3 aromatic carbocycles. The zero-order valence-electron chi connectivity index (χ0n) is 18.1. The van der Waals surface area contributed by atoms with E-state index in [4.69, 9.17) is 4.42 Å². The molecule has 0 saturated carbocycles. The van der Waals surface area contributed by atoms with E-state index in [0.29, 0.717) is 29.0 Å². The number of hydrogen-bond acceptors (Lipinski definition) is 2. The molecule has 0 unspecified atom stereocenters. The van der Waals surface area contributed by atoms with E-state index in [-0.39, 0.29) is 13.1 Å². The Morgan fingerprint density at radius 3 is 2.27 bits per heavy atom. The molecule has 6 heteroatoms. The van der Waals surface area contributed by atoms with Crippen LogP contribution < -0.4 is 0 Å². The standard InChI is InChI=1S/C27H23F4NO/c1-17-2-4-18(5-3-17)10-19-7-9-25-21(11-19)13-26(33-25)23-8-6-20(12-24(23)28)14-32-15-22(16-32)27(29,30)31/h2-9,11-13,22H,10,14-16H2,1H3. The number of aryl methyl sites for hydroxylation is 1. The van der Waals surface area contributed by atoms with Crippen molar-refractivity contribution in [2.45, 2.75) is 26.1 Å². The maximum Gasteiger partial charge on any atom is 0.394 e. The van der Waals surface area contributed by atoms with Crippen LogP contribution in [0.1, 0.15) is 22.3 Å². The summed E-state index contributed by atoms with van der Waals surface area (Å²) in [6.07, 6.45) is -3.36. The lowest BCUT2D eigenvalue weighted by Gasteiger charge is -2.40. The minimum absolute atomic E-state index is 0.0403. The smallest absolute Gasteiger partial charge is 0.394 e. The lowest BCUT2D eigenvalue weighted by Crippen LogP contribution is -2.52. The van der Waals surface area contributed by atoms with Gasteiger partial charge in [-0.2, -0.15) is 13.2 Å². The molecule has 0 amide bonds. The van der Waals surface area contributed by atoms with Crippen molar-refractivity contribution >= 4 is 11.0 Å². The summed E-state index contributed by atoms with van der Waals surface area (Å²) in [6.45, 7) is 2.28. The highest BCUT2D eigenvalue weighted by Crippen LogP contribution is 2.35.